The number of amides is 1. The second-order valence-corrected chi connectivity index (χ2v) is 13.6. The number of carbonyl (C=O) groups excluding carboxylic acids is 2. The molecule has 1 aromatic heterocycles. The van der Waals surface area contributed by atoms with Crippen LogP contribution in [0.15, 0.2) is 66.9 Å². The fourth-order valence-electron chi connectivity index (χ4n) is 5.83. The van der Waals surface area contributed by atoms with Crippen LogP contribution in [0.1, 0.15) is 55.7 Å². The molecule has 2 heterocycles. The number of anilines is 3. The van der Waals surface area contributed by atoms with E-state index in [4.69, 9.17) is 11.6 Å². The third kappa shape index (κ3) is 7.32. The zero-order valence-corrected chi connectivity index (χ0v) is 26.2. The van der Waals surface area contributed by atoms with Gasteiger partial charge in [-0.05, 0) is 48.7 Å². The average Bonchev–Trinajstić information content (AvgIpc) is 3.38. The minimum atomic E-state index is -3.73. The summed E-state index contributed by atoms with van der Waals surface area (Å²) in [6.07, 6.45) is 0.404. The standard InChI is InChI=1S/C31H30ClF2N6O5S/c1-46(44,45)37-22-5-4-6-23(16-22)39(40(43)28-11-12-29(42)38(28)27-15-20(19-35)13-14-36-27)30(24-7-2-3-8-25(24)32)26(41)10-9-21-17-31(33,34)18-21/h2-8,13-16,21,28,30,37H,9-12,17-18H2,1H3/q+1/t28-,30+/m1/s1. The molecule has 2 aliphatic rings. The molecule has 3 aromatic rings. The monoisotopic (exact) mass is 671 g/mol. The van der Waals surface area contributed by atoms with E-state index < -0.39 is 39.8 Å². The molecule has 2 atom stereocenters. The van der Waals surface area contributed by atoms with Crippen LogP contribution in [-0.4, -0.2) is 48.3 Å². The normalized spacial score (nSPS) is 18.4. The van der Waals surface area contributed by atoms with Crippen molar-refractivity contribution in [1.82, 2.24) is 4.98 Å². The fourth-order valence-corrected chi connectivity index (χ4v) is 6.63. The summed E-state index contributed by atoms with van der Waals surface area (Å²) in [6.45, 7) is 0. The number of hydrazine groups is 1. The van der Waals surface area contributed by atoms with E-state index in [1.165, 1.54) is 42.6 Å². The Morgan fingerprint density at radius 3 is 2.63 bits per heavy atom. The summed E-state index contributed by atoms with van der Waals surface area (Å²) in [5, 5.41) is 10.7. The van der Waals surface area contributed by atoms with Crippen molar-refractivity contribution in [2.24, 2.45) is 5.92 Å². The van der Waals surface area contributed by atoms with Crippen LogP contribution in [0.25, 0.3) is 0 Å². The Hall–Kier alpha value is -4.48. The lowest BCUT2D eigenvalue weighted by Gasteiger charge is -2.35. The highest BCUT2D eigenvalue weighted by Gasteiger charge is 2.51. The summed E-state index contributed by atoms with van der Waals surface area (Å²) >= 11 is 6.60. The van der Waals surface area contributed by atoms with Gasteiger partial charge in [-0.25, -0.2) is 27.1 Å². The molecule has 1 N–H and O–H groups in total. The third-order valence-electron chi connectivity index (χ3n) is 7.91. The fraction of sp³-hybridized carbons (Fsp3) is 0.355. The molecule has 46 heavy (non-hydrogen) atoms. The first-order valence-electron chi connectivity index (χ1n) is 14.4. The van der Waals surface area contributed by atoms with E-state index in [-0.39, 0.29) is 77.8 Å². The van der Waals surface area contributed by atoms with Crippen molar-refractivity contribution in [3.63, 3.8) is 0 Å². The van der Waals surface area contributed by atoms with Gasteiger partial charge in [-0.2, -0.15) is 5.26 Å². The van der Waals surface area contributed by atoms with Gasteiger partial charge in [-0.1, -0.05) is 40.9 Å². The maximum absolute atomic E-state index is 14.7. The van der Waals surface area contributed by atoms with Crippen LogP contribution in [0.4, 0.5) is 26.0 Å². The van der Waals surface area contributed by atoms with Gasteiger partial charge < -0.3 is 0 Å². The summed E-state index contributed by atoms with van der Waals surface area (Å²) in [4.78, 5) is 47.8. The van der Waals surface area contributed by atoms with Crippen molar-refractivity contribution in [2.45, 2.75) is 56.7 Å². The molecule has 0 spiro atoms. The molecule has 1 aliphatic heterocycles. The Kier molecular flexibility index (Phi) is 9.37. The first-order valence-corrected chi connectivity index (χ1v) is 16.7. The summed E-state index contributed by atoms with van der Waals surface area (Å²) in [7, 11) is -3.73. The maximum Gasteiger partial charge on any atom is 0.317 e. The van der Waals surface area contributed by atoms with E-state index in [9.17, 15) is 37.0 Å². The van der Waals surface area contributed by atoms with Gasteiger partial charge in [0.15, 0.2) is 11.8 Å². The van der Waals surface area contributed by atoms with Gasteiger partial charge in [-0.15, -0.1) is 0 Å². The number of alkyl halides is 2. The smallest absolute Gasteiger partial charge is 0.297 e. The summed E-state index contributed by atoms with van der Waals surface area (Å²) in [6, 6.07) is 15.6. The Bertz CT molecular complexity index is 1830. The van der Waals surface area contributed by atoms with Gasteiger partial charge in [0.05, 0.1) is 28.5 Å². The lowest BCUT2D eigenvalue weighted by molar-refractivity contribution is -0.598. The number of nitrogens with zero attached hydrogens (tertiary/aromatic N) is 5. The molecule has 1 aliphatic carbocycles. The Morgan fingerprint density at radius 2 is 1.96 bits per heavy atom. The molecule has 0 unspecified atom stereocenters. The van der Waals surface area contributed by atoms with Crippen molar-refractivity contribution < 1.29 is 31.7 Å². The van der Waals surface area contributed by atoms with Gasteiger partial charge in [0, 0.05) is 48.9 Å². The van der Waals surface area contributed by atoms with Crippen molar-refractivity contribution in [1.29, 1.82) is 5.26 Å². The molecular weight excluding hydrogens is 642 g/mol. The minimum absolute atomic E-state index is 0.0269. The van der Waals surface area contributed by atoms with E-state index in [0.717, 1.165) is 16.2 Å². The number of rotatable bonds is 12. The van der Waals surface area contributed by atoms with Crippen LogP contribution in [0.5, 0.6) is 0 Å². The van der Waals surface area contributed by atoms with Gasteiger partial charge in [0.25, 0.3) is 0 Å². The van der Waals surface area contributed by atoms with E-state index in [2.05, 4.69) is 9.71 Å². The summed E-state index contributed by atoms with van der Waals surface area (Å²) in [5.41, 5.74) is 0.650. The van der Waals surface area contributed by atoms with Crippen LogP contribution in [-0.2, 0) is 19.6 Å². The van der Waals surface area contributed by atoms with E-state index in [1.54, 1.807) is 24.3 Å². The molecule has 240 valence electrons. The highest BCUT2D eigenvalue weighted by Crippen LogP contribution is 2.45. The average molecular weight is 672 g/mol. The number of pyridine rings is 1. The molecule has 1 saturated heterocycles. The van der Waals surface area contributed by atoms with E-state index in [0.29, 0.717) is 4.87 Å². The molecule has 2 fully saturated rings. The van der Waals surface area contributed by atoms with Crippen molar-refractivity contribution >= 4 is 50.5 Å². The number of sulfonamides is 1. The Labute approximate surface area is 269 Å². The molecule has 1 amide bonds. The zero-order valence-electron chi connectivity index (χ0n) is 24.6. The van der Waals surface area contributed by atoms with Gasteiger partial charge in [0.1, 0.15) is 16.4 Å². The largest absolute Gasteiger partial charge is 0.317 e. The van der Waals surface area contributed by atoms with E-state index >= 15 is 0 Å². The van der Waals surface area contributed by atoms with Crippen LogP contribution >= 0.6 is 11.6 Å². The molecule has 0 bridgehead atoms. The lowest BCUT2D eigenvalue weighted by atomic mass is 9.77. The molecular formula is C31H30ClF2N6O5S+. The molecule has 2 aromatic carbocycles. The first kappa shape index (κ1) is 32.9. The van der Waals surface area contributed by atoms with Crippen molar-refractivity contribution in [2.75, 3.05) is 20.9 Å². The molecule has 5 rings (SSSR count). The topological polar surface area (TPSA) is 144 Å². The zero-order chi connectivity index (χ0) is 33.2. The number of ketones is 1. The number of Topliss-reactive ketones (excluding diaryl/α,β-unsaturated/α-hetero) is 1. The van der Waals surface area contributed by atoms with Crippen molar-refractivity contribution in [3.8, 4) is 6.07 Å². The van der Waals surface area contributed by atoms with Crippen LogP contribution in [0.2, 0.25) is 5.02 Å². The van der Waals surface area contributed by atoms with Crippen LogP contribution in [0, 0.1) is 22.2 Å². The number of nitriles is 1. The molecule has 1 saturated carbocycles. The second-order valence-electron chi connectivity index (χ2n) is 11.4. The number of nitrogens with one attached hydrogen (secondary N) is 1. The lowest BCUT2D eigenvalue weighted by Crippen LogP contribution is -2.51. The predicted octanol–water partition coefficient (Wildman–Crippen LogP) is 5.77. The van der Waals surface area contributed by atoms with Gasteiger partial charge in [0.2, 0.25) is 21.9 Å². The molecule has 11 nitrogen and oxygen atoms in total. The predicted molar refractivity (Wildman–Crippen MR) is 167 cm³/mol. The molecule has 0 radical (unpaired) electrons. The van der Waals surface area contributed by atoms with Crippen LogP contribution in [0.3, 0.4) is 0 Å². The molecule has 15 heteroatoms. The number of nitroso groups, excluding NO2 is 1. The van der Waals surface area contributed by atoms with E-state index in [1.807, 2.05) is 6.07 Å². The SMILES string of the molecule is CS(=O)(=O)Nc1cccc(N([C@H](C(=O)CCC2CC(F)(F)C2)c2ccccc2Cl)[N+](=O)[C@@H]2CCC(=O)N2c2cc(C#N)ccn2)c1. The summed E-state index contributed by atoms with van der Waals surface area (Å²) < 4.78 is 53.6. The maximum atomic E-state index is 14.7. The van der Waals surface area contributed by atoms with Gasteiger partial charge in [-0.3, -0.25) is 14.3 Å². The quantitative estimate of drug-likeness (QED) is 0.189. The Morgan fingerprint density at radius 1 is 1.22 bits per heavy atom. The highest BCUT2D eigenvalue weighted by atomic mass is 35.5. The van der Waals surface area contributed by atoms with Crippen LogP contribution < -0.4 is 14.6 Å². The number of hydrogen-bond acceptors (Lipinski definition) is 7. The number of hydrogen-bond donors (Lipinski definition) is 1. The third-order valence-corrected chi connectivity index (χ3v) is 8.86. The number of halogens is 3. The minimum Gasteiger partial charge on any atom is -0.297 e. The van der Waals surface area contributed by atoms with Gasteiger partial charge >= 0.3 is 6.17 Å². The Balaban J connectivity index is 1.61. The van der Waals surface area contributed by atoms with Crippen molar-refractivity contribution in [3.05, 3.63) is 87.9 Å². The highest BCUT2D eigenvalue weighted by molar-refractivity contribution is 7.92. The number of carbonyl (C=O) groups is 2. The first-order chi connectivity index (χ1) is 21.8. The number of aromatic nitrogens is 1. The second kappa shape index (κ2) is 13.1. The summed E-state index contributed by atoms with van der Waals surface area (Å²) in [5.74, 6) is -4.01. The number of benzene rings is 2.